The van der Waals surface area contributed by atoms with E-state index in [1.807, 2.05) is 0 Å². The molecular formula is C25H24N2O6S2. The van der Waals surface area contributed by atoms with Crippen molar-refractivity contribution >= 4 is 36.7 Å². The van der Waals surface area contributed by atoms with Crippen molar-refractivity contribution in [2.75, 3.05) is 13.4 Å². The molecule has 35 heavy (non-hydrogen) atoms. The third-order valence-electron chi connectivity index (χ3n) is 5.56. The monoisotopic (exact) mass is 512 g/mol. The Morgan fingerprint density at radius 3 is 2.14 bits per heavy atom. The van der Waals surface area contributed by atoms with Gasteiger partial charge in [0.05, 0.1) is 23.8 Å². The highest BCUT2D eigenvalue weighted by Gasteiger charge is 2.27. The first-order valence-corrected chi connectivity index (χ1v) is 14.0. The zero-order chi connectivity index (χ0) is 25.4. The summed E-state index contributed by atoms with van der Waals surface area (Å²) >= 11 is 0. The van der Waals surface area contributed by atoms with E-state index in [4.69, 9.17) is 4.74 Å². The van der Waals surface area contributed by atoms with Gasteiger partial charge in [0.25, 0.3) is 10.0 Å². The SMILES string of the molecule is COc1ccc(S(=O)(=O)n2c(C(=O)c3ccc([C@H](C)NS(C)(=O)=O)cc3)cc3ccccc32)cc1. The smallest absolute Gasteiger partial charge is 0.268 e. The molecule has 0 unspecified atom stereocenters. The normalized spacial score (nSPS) is 13.0. The first-order chi connectivity index (χ1) is 16.5. The average Bonchev–Trinajstić information content (AvgIpc) is 3.23. The number of nitrogens with one attached hydrogen (secondary N) is 1. The van der Waals surface area contributed by atoms with Crippen LogP contribution in [0.5, 0.6) is 5.75 Å². The molecule has 0 aliphatic carbocycles. The molecule has 0 radical (unpaired) electrons. The van der Waals surface area contributed by atoms with Crippen molar-refractivity contribution in [2.24, 2.45) is 0 Å². The number of fused-ring (bicyclic) bond motifs is 1. The minimum atomic E-state index is -4.11. The van der Waals surface area contributed by atoms with Crippen LogP contribution in [-0.4, -0.2) is 40.0 Å². The Morgan fingerprint density at radius 2 is 1.54 bits per heavy atom. The van der Waals surface area contributed by atoms with E-state index in [-0.39, 0.29) is 16.2 Å². The summed E-state index contributed by atoms with van der Waals surface area (Å²) in [4.78, 5) is 13.5. The summed E-state index contributed by atoms with van der Waals surface area (Å²) in [6.45, 7) is 1.69. The second-order valence-corrected chi connectivity index (χ2v) is 11.7. The predicted octanol–water partition coefficient (Wildman–Crippen LogP) is 3.73. The Morgan fingerprint density at radius 1 is 0.914 bits per heavy atom. The molecule has 0 amide bonds. The molecule has 182 valence electrons. The number of aromatic nitrogens is 1. The number of ether oxygens (including phenoxy) is 1. The quantitative estimate of drug-likeness (QED) is 0.360. The van der Waals surface area contributed by atoms with Crippen molar-refractivity contribution in [2.45, 2.75) is 17.9 Å². The van der Waals surface area contributed by atoms with Gasteiger partial charge in [-0.25, -0.2) is 25.5 Å². The van der Waals surface area contributed by atoms with Gasteiger partial charge >= 0.3 is 0 Å². The van der Waals surface area contributed by atoms with Gasteiger partial charge in [-0.15, -0.1) is 0 Å². The number of nitrogens with zero attached hydrogens (tertiary/aromatic N) is 1. The van der Waals surface area contributed by atoms with Crippen LogP contribution in [0.15, 0.2) is 83.8 Å². The van der Waals surface area contributed by atoms with Crippen molar-refractivity contribution < 1.29 is 26.4 Å². The molecule has 10 heteroatoms. The molecule has 0 aliphatic heterocycles. The summed E-state index contributed by atoms with van der Waals surface area (Å²) in [6.07, 6.45) is 1.07. The van der Waals surface area contributed by atoms with Crippen LogP contribution in [-0.2, 0) is 20.0 Å². The predicted molar refractivity (Wildman–Crippen MR) is 134 cm³/mol. The topological polar surface area (TPSA) is 112 Å². The summed E-state index contributed by atoms with van der Waals surface area (Å²) in [7, 11) is -6.02. The number of benzene rings is 3. The molecule has 8 nitrogen and oxygen atoms in total. The van der Waals surface area contributed by atoms with Crippen molar-refractivity contribution in [1.82, 2.24) is 8.69 Å². The maximum absolute atomic E-state index is 13.6. The summed E-state index contributed by atoms with van der Waals surface area (Å²) in [5.74, 6) is 0.0332. The highest BCUT2D eigenvalue weighted by molar-refractivity contribution is 7.90. The molecule has 4 aromatic rings. The Balaban J connectivity index is 1.79. The van der Waals surface area contributed by atoms with Gasteiger partial charge in [-0.1, -0.05) is 42.5 Å². The van der Waals surface area contributed by atoms with Crippen molar-refractivity contribution in [3.63, 3.8) is 0 Å². The molecule has 0 bridgehead atoms. The zero-order valence-electron chi connectivity index (χ0n) is 19.3. The third kappa shape index (κ3) is 5.00. The molecule has 0 saturated heterocycles. The lowest BCUT2D eigenvalue weighted by molar-refractivity contribution is 0.103. The number of hydrogen-bond donors (Lipinski definition) is 1. The van der Waals surface area contributed by atoms with E-state index < -0.39 is 31.9 Å². The first-order valence-electron chi connectivity index (χ1n) is 10.6. The van der Waals surface area contributed by atoms with E-state index in [2.05, 4.69) is 4.72 Å². The molecule has 0 aliphatic rings. The first kappa shape index (κ1) is 24.6. The minimum absolute atomic E-state index is 0.00271. The van der Waals surface area contributed by atoms with Crippen molar-refractivity contribution in [3.05, 3.63) is 95.7 Å². The molecule has 0 saturated carbocycles. The van der Waals surface area contributed by atoms with Crippen LogP contribution in [0.3, 0.4) is 0 Å². The second-order valence-electron chi connectivity index (χ2n) is 8.10. The maximum atomic E-state index is 13.6. The number of carbonyl (C=O) groups excluding carboxylic acids is 1. The number of para-hydroxylation sites is 1. The standard InChI is InChI=1S/C25H24N2O6S2/c1-17(26-34(3,29)30)18-8-10-19(11-9-18)25(28)24-16-20-6-4-5-7-23(20)27(24)35(31,32)22-14-12-21(33-2)13-15-22/h4-17,26H,1-3H3/t17-/m0/s1. The largest absolute Gasteiger partial charge is 0.497 e. The lowest BCUT2D eigenvalue weighted by atomic mass is 10.0. The lowest BCUT2D eigenvalue weighted by Crippen LogP contribution is -2.25. The average molecular weight is 513 g/mol. The van der Waals surface area contributed by atoms with Crippen molar-refractivity contribution in [3.8, 4) is 5.75 Å². The summed E-state index contributed by atoms with van der Waals surface area (Å²) < 4.78 is 59.0. The molecule has 0 spiro atoms. The number of sulfonamides is 1. The van der Waals surface area contributed by atoms with Crippen LogP contribution >= 0.6 is 0 Å². The zero-order valence-corrected chi connectivity index (χ0v) is 20.9. The van der Waals surface area contributed by atoms with Crippen LogP contribution in [0, 0.1) is 0 Å². The maximum Gasteiger partial charge on any atom is 0.268 e. The Bertz CT molecular complexity index is 1610. The van der Waals surface area contributed by atoms with E-state index in [1.165, 1.54) is 19.2 Å². The van der Waals surface area contributed by atoms with Crippen molar-refractivity contribution in [1.29, 1.82) is 0 Å². The number of carbonyl (C=O) groups is 1. The Labute approximate surface area is 204 Å². The summed E-state index contributed by atoms with van der Waals surface area (Å²) in [6, 6.07) is 20.3. The van der Waals surface area contributed by atoms with E-state index >= 15 is 0 Å². The number of rotatable bonds is 8. The second kappa shape index (κ2) is 9.29. The van der Waals surface area contributed by atoms with Crippen LogP contribution < -0.4 is 9.46 Å². The van der Waals surface area contributed by atoms with Gasteiger partial charge in [-0.2, -0.15) is 0 Å². The molecule has 1 atom stereocenters. The molecule has 0 fully saturated rings. The van der Waals surface area contributed by atoms with E-state index in [0.717, 1.165) is 10.2 Å². The van der Waals surface area contributed by atoms with Crippen LogP contribution in [0.4, 0.5) is 0 Å². The number of ketones is 1. The van der Waals surface area contributed by atoms with E-state index in [9.17, 15) is 21.6 Å². The highest BCUT2D eigenvalue weighted by atomic mass is 32.2. The fourth-order valence-corrected chi connectivity index (χ4v) is 6.15. The van der Waals surface area contributed by atoms with Gasteiger partial charge in [0, 0.05) is 17.0 Å². The van der Waals surface area contributed by atoms with E-state index in [1.54, 1.807) is 73.7 Å². The molecule has 4 rings (SSSR count). The van der Waals surface area contributed by atoms with Crippen LogP contribution in [0.1, 0.15) is 34.6 Å². The van der Waals surface area contributed by atoms with Gasteiger partial charge in [-0.05, 0) is 48.9 Å². The minimum Gasteiger partial charge on any atom is -0.497 e. The van der Waals surface area contributed by atoms with Gasteiger partial charge < -0.3 is 4.74 Å². The number of hydrogen-bond acceptors (Lipinski definition) is 6. The molecule has 3 aromatic carbocycles. The Kier molecular flexibility index (Phi) is 6.54. The van der Waals surface area contributed by atoms with Crippen LogP contribution in [0.25, 0.3) is 10.9 Å². The highest BCUT2D eigenvalue weighted by Crippen LogP contribution is 2.28. The lowest BCUT2D eigenvalue weighted by Gasteiger charge is -2.14. The summed E-state index contributed by atoms with van der Waals surface area (Å²) in [5, 5.41) is 0.607. The molecule has 1 aromatic heterocycles. The fourth-order valence-electron chi connectivity index (χ4n) is 3.86. The van der Waals surface area contributed by atoms with Gasteiger partial charge in [0.15, 0.2) is 0 Å². The van der Waals surface area contributed by atoms with Gasteiger partial charge in [-0.3, -0.25) is 4.79 Å². The fraction of sp³-hybridized carbons (Fsp3) is 0.160. The van der Waals surface area contributed by atoms with Crippen LogP contribution in [0.2, 0.25) is 0 Å². The summed E-state index contributed by atoms with van der Waals surface area (Å²) in [5.41, 5.74) is 1.32. The third-order valence-corrected chi connectivity index (χ3v) is 8.08. The number of methoxy groups -OCH3 is 1. The molecule has 1 N–H and O–H groups in total. The van der Waals surface area contributed by atoms with E-state index in [0.29, 0.717) is 22.2 Å². The van der Waals surface area contributed by atoms with Gasteiger partial charge in [0.2, 0.25) is 15.8 Å². The molecule has 1 heterocycles. The molecular weight excluding hydrogens is 488 g/mol. The van der Waals surface area contributed by atoms with Gasteiger partial charge in [0.1, 0.15) is 11.4 Å². The Hall–Kier alpha value is -3.47.